The van der Waals surface area contributed by atoms with Gasteiger partial charge in [0.05, 0.1) is 7.11 Å². The minimum Gasteiger partial charge on any atom is -0.464 e. The van der Waals surface area contributed by atoms with E-state index in [0.29, 0.717) is 36.7 Å². The Labute approximate surface area is 163 Å². The highest BCUT2D eigenvalue weighted by Crippen LogP contribution is 2.37. The Kier molecular flexibility index (Phi) is 9.16. The van der Waals surface area contributed by atoms with Crippen molar-refractivity contribution >= 4 is 31.9 Å². The van der Waals surface area contributed by atoms with E-state index in [-0.39, 0.29) is 0 Å². The molecule has 7 heteroatoms. The first-order valence-electron chi connectivity index (χ1n) is 9.23. The van der Waals surface area contributed by atoms with Gasteiger partial charge in [-0.05, 0) is 49.4 Å². The first-order valence-corrected chi connectivity index (χ1v) is 12.4. The second kappa shape index (κ2) is 10.3. The Bertz CT molecular complexity index is 598. The van der Waals surface area contributed by atoms with Crippen LogP contribution in [0.15, 0.2) is 10.6 Å². The van der Waals surface area contributed by atoms with Gasteiger partial charge >= 0.3 is 14.5 Å². The van der Waals surface area contributed by atoms with Crippen molar-refractivity contribution < 1.29 is 18.4 Å². The number of carbonyl (C=O) groups is 1. The molecule has 5 nitrogen and oxygen atoms in total. The normalized spacial score (nSPS) is 13.1. The largest absolute Gasteiger partial charge is 0.464 e. The van der Waals surface area contributed by atoms with Crippen LogP contribution < -0.4 is 0 Å². The summed E-state index contributed by atoms with van der Waals surface area (Å²) in [4.78, 5) is 16.2. The third kappa shape index (κ3) is 5.74. The van der Waals surface area contributed by atoms with E-state index in [1.54, 1.807) is 5.38 Å². The second-order valence-electron chi connectivity index (χ2n) is 6.99. The van der Waals surface area contributed by atoms with Gasteiger partial charge in [0.15, 0.2) is 5.69 Å². The molecule has 0 aliphatic carbocycles. The maximum absolute atomic E-state index is 11.7. The molecule has 0 fully saturated rings. The fourth-order valence-electron chi connectivity index (χ4n) is 3.46. The topological polar surface area (TPSA) is 57.7 Å². The Morgan fingerprint density at radius 2 is 1.73 bits per heavy atom. The van der Waals surface area contributed by atoms with Crippen molar-refractivity contribution in [2.45, 2.75) is 48.1 Å². The second-order valence-corrected chi connectivity index (χ2v) is 10.9. The van der Waals surface area contributed by atoms with Crippen LogP contribution in [0.4, 0.5) is 0 Å². The summed E-state index contributed by atoms with van der Waals surface area (Å²) in [6.45, 7) is 16.2. The molecule has 0 aliphatic heterocycles. The molecule has 26 heavy (non-hydrogen) atoms. The summed E-state index contributed by atoms with van der Waals surface area (Å²) in [5, 5.41) is 3.71. The molecule has 0 saturated heterocycles. The molecule has 0 amide bonds. The standard InChI is InChI=1S/C19H33NO4SSi/c1-9-23-26(8,24-10-2)16(18(13(3)4)14(5)6)11-17-20-15(12-25-17)19(21)22-7/h11-14,18H,9-10H2,1-8H3/b16-11+. The van der Waals surface area contributed by atoms with E-state index < -0.39 is 14.5 Å². The van der Waals surface area contributed by atoms with Crippen LogP contribution in [0, 0.1) is 17.8 Å². The van der Waals surface area contributed by atoms with Gasteiger partial charge in [-0.1, -0.05) is 27.7 Å². The van der Waals surface area contributed by atoms with Crippen LogP contribution in [0.3, 0.4) is 0 Å². The SMILES string of the molecule is CCO[Si](C)(OCC)/C(=C/c1nc(C(=O)OC)cs1)C(C(C)C)C(C)C. The van der Waals surface area contributed by atoms with Gasteiger partial charge in [0.2, 0.25) is 0 Å². The maximum Gasteiger partial charge on any atom is 0.365 e. The van der Waals surface area contributed by atoms with Crippen LogP contribution in [0.5, 0.6) is 0 Å². The van der Waals surface area contributed by atoms with Gasteiger partial charge in [-0.2, -0.15) is 0 Å². The van der Waals surface area contributed by atoms with Gasteiger partial charge in [0.1, 0.15) is 5.01 Å². The molecule has 0 saturated carbocycles. The van der Waals surface area contributed by atoms with Gasteiger partial charge in [-0.3, -0.25) is 0 Å². The quantitative estimate of drug-likeness (QED) is 0.412. The zero-order chi connectivity index (χ0) is 19.9. The van der Waals surface area contributed by atoms with Crippen LogP contribution in [0.2, 0.25) is 6.55 Å². The van der Waals surface area contributed by atoms with Crippen molar-refractivity contribution in [1.29, 1.82) is 0 Å². The number of allylic oxidation sites excluding steroid dienone is 1. The highest BCUT2D eigenvalue weighted by molar-refractivity contribution is 7.10. The molecule has 0 aliphatic rings. The van der Waals surface area contributed by atoms with Crippen molar-refractivity contribution in [2.24, 2.45) is 17.8 Å². The number of aromatic nitrogens is 1. The lowest BCUT2D eigenvalue weighted by Gasteiger charge is -2.37. The summed E-state index contributed by atoms with van der Waals surface area (Å²) in [6.07, 6.45) is 2.08. The summed E-state index contributed by atoms with van der Waals surface area (Å²) in [7, 11) is -1.20. The van der Waals surface area contributed by atoms with Crippen molar-refractivity contribution in [3.63, 3.8) is 0 Å². The summed E-state index contributed by atoms with van der Waals surface area (Å²) >= 11 is 1.44. The monoisotopic (exact) mass is 399 g/mol. The predicted molar refractivity (Wildman–Crippen MR) is 109 cm³/mol. The first kappa shape index (κ1) is 23.0. The van der Waals surface area contributed by atoms with Crippen LogP contribution >= 0.6 is 11.3 Å². The molecule has 1 aromatic heterocycles. The lowest BCUT2D eigenvalue weighted by atomic mass is 9.85. The number of carbonyl (C=O) groups excluding carboxylic acids is 1. The van der Waals surface area contributed by atoms with E-state index in [2.05, 4.69) is 45.3 Å². The predicted octanol–water partition coefficient (Wildman–Crippen LogP) is 4.93. The number of esters is 1. The molecule has 1 rings (SSSR count). The number of nitrogens with zero attached hydrogens (tertiary/aromatic N) is 1. The number of ether oxygens (including phenoxy) is 1. The van der Waals surface area contributed by atoms with Crippen molar-refractivity contribution in [3.8, 4) is 0 Å². The third-order valence-corrected chi connectivity index (χ3v) is 8.35. The van der Waals surface area contributed by atoms with E-state index in [1.165, 1.54) is 23.6 Å². The minimum atomic E-state index is -2.56. The highest BCUT2D eigenvalue weighted by atomic mass is 32.1. The molecule has 0 spiro atoms. The fourth-order valence-corrected chi connectivity index (χ4v) is 7.48. The number of methoxy groups -OCH3 is 1. The van der Waals surface area contributed by atoms with E-state index in [0.717, 1.165) is 5.01 Å². The molecular formula is C19H33NO4SSi. The molecule has 0 aromatic carbocycles. The number of rotatable bonds is 10. The molecule has 0 bridgehead atoms. The lowest BCUT2D eigenvalue weighted by molar-refractivity contribution is 0.0595. The van der Waals surface area contributed by atoms with Gasteiger partial charge in [0, 0.05) is 18.6 Å². The fraction of sp³-hybridized carbons (Fsp3) is 0.684. The van der Waals surface area contributed by atoms with E-state index in [1.807, 2.05) is 13.8 Å². The summed E-state index contributed by atoms with van der Waals surface area (Å²) in [5.74, 6) is 0.777. The Balaban J connectivity index is 3.47. The molecule has 1 aromatic rings. The zero-order valence-electron chi connectivity index (χ0n) is 17.3. The molecule has 0 radical (unpaired) electrons. The minimum absolute atomic E-state index is 0.315. The van der Waals surface area contributed by atoms with Crippen LogP contribution in [-0.2, 0) is 13.6 Å². The Morgan fingerprint density at radius 1 is 1.19 bits per heavy atom. The average molecular weight is 400 g/mol. The van der Waals surface area contributed by atoms with Crippen molar-refractivity contribution in [1.82, 2.24) is 4.98 Å². The van der Waals surface area contributed by atoms with Crippen molar-refractivity contribution in [3.05, 3.63) is 21.3 Å². The van der Waals surface area contributed by atoms with E-state index >= 15 is 0 Å². The molecule has 0 N–H and O–H groups in total. The molecule has 0 unspecified atom stereocenters. The smallest absolute Gasteiger partial charge is 0.365 e. The van der Waals surface area contributed by atoms with Crippen LogP contribution in [0.1, 0.15) is 57.0 Å². The van der Waals surface area contributed by atoms with Gasteiger partial charge in [-0.25, -0.2) is 9.78 Å². The number of hydrogen-bond donors (Lipinski definition) is 0. The van der Waals surface area contributed by atoms with Crippen LogP contribution in [-0.4, -0.2) is 39.8 Å². The van der Waals surface area contributed by atoms with Gasteiger partial charge in [-0.15, -0.1) is 11.3 Å². The average Bonchev–Trinajstić information content (AvgIpc) is 3.02. The summed E-state index contributed by atoms with van der Waals surface area (Å²) in [6, 6.07) is 0. The molecular weight excluding hydrogens is 366 g/mol. The Hall–Kier alpha value is -1.02. The third-order valence-electron chi connectivity index (χ3n) is 4.35. The van der Waals surface area contributed by atoms with E-state index in [9.17, 15) is 4.79 Å². The molecule has 0 atom stereocenters. The van der Waals surface area contributed by atoms with Crippen molar-refractivity contribution in [2.75, 3.05) is 20.3 Å². The number of hydrogen-bond acceptors (Lipinski definition) is 6. The lowest BCUT2D eigenvalue weighted by Crippen LogP contribution is -2.46. The summed E-state index contributed by atoms with van der Waals surface area (Å²) in [5.41, 5.74) is 0.338. The zero-order valence-corrected chi connectivity index (χ0v) is 19.1. The Morgan fingerprint density at radius 3 is 2.15 bits per heavy atom. The molecule has 148 valence electrons. The maximum atomic E-state index is 11.7. The number of thiazole rings is 1. The molecule has 1 heterocycles. The summed E-state index contributed by atoms with van der Waals surface area (Å²) < 4.78 is 17.2. The van der Waals surface area contributed by atoms with E-state index in [4.69, 9.17) is 13.6 Å². The van der Waals surface area contributed by atoms with Gasteiger partial charge in [0.25, 0.3) is 0 Å². The highest BCUT2D eigenvalue weighted by Gasteiger charge is 2.42. The van der Waals surface area contributed by atoms with Gasteiger partial charge < -0.3 is 13.6 Å². The first-order chi connectivity index (χ1) is 12.2. The van der Waals surface area contributed by atoms with Crippen LogP contribution in [0.25, 0.3) is 6.08 Å².